The van der Waals surface area contributed by atoms with E-state index in [1.807, 2.05) is 48.5 Å². The van der Waals surface area contributed by atoms with Gasteiger partial charge in [-0.15, -0.1) is 0 Å². The van der Waals surface area contributed by atoms with Crippen LogP contribution in [0.15, 0.2) is 109 Å². The normalized spacial score (nSPS) is 10.7. The van der Waals surface area contributed by atoms with Crippen LogP contribution >= 0.6 is 7.26 Å². The van der Waals surface area contributed by atoms with Crippen molar-refractivity contribution in [1.29, 1.82) is 0 Å². The first-order valence-electron chi connectivity index (χ1n) is 10.5. The fourth-order valence-corrected chi connectivity index (χ4v) is 7.33. The molecule has 0 aliphatic heterocycles. The minimum Gasteiger partial charge on any atom is -1.00 e. The van der Waals surface area contributed by atoms with Gasteiger partial charge < -0.3 is 21.9 Å². The number of hydrogen-bond acceptors (Lipinski definition) is 3. The molecule has 0 heterocycles. The first-order chi connectivity index (χ1) is 15.6. The van der Waals surface area contributed by atoms with Crippen molar-refractivity contribution in [1.82, 2.24) is 0 Å². The van der Waals surface area contributed by atoms with Crippen molar-refractivity contribution in [2.75, 3.05) is 13.8 Å². The molecule has 0 aromatic heterocycles. The number of hydrogen-bond donors (Lipinski definition) is 0. The van der Waals surface area contributed by atoms with Crippen LogP contribution in [0.1, 0.15) is 15.9 Å². The van der Waals surface area contributed by atoms with Crippen molar-refractivity contribution in [3.05, 3.63) is 120 Å². The number of rotatable bonds is 7. The predicted octanol–water partition coefficient (Wildman–Crippen LogP) is 1.98. The number of ether oxygens (including phenoxy) is 2. The lowest BCUT2D eigenvalue weighted by Gasteiger charge is -2.25. The zero-order valence-corrected chi connectivity index (χ0v) is 20.3. The number of esters is 1. The Kier molecular flexibility index (Phi) is 8.27. The Balaban J connectivity index is 0.00000306. The van der Waals surface area contributed by atoms with Crippen LogP contribution in [0.4, 0.5) is 0 Å². The van der Waals surface area contributed by atoms with Gasteiger partial charge in [0.15, 0.2) is 5.75 Å². The second kappa shape index (κ2) is 11.1. The van der Waals surface area contributed by atoms with E-state index in [0.717, 1.165) is 10.9 Å². The molecule has 0 bridgehead atoms. The minimum atomic E-state index is -2.06. The third kappa shape index (κ3) is 5.11. The summed E-state index contributed by atoms with van der Waals surface area (Å²) in [4.78, 5) is 13.1. The highest BCUT2D eigenvalue weighted by Crippen LogP contribution is 2.54. The summed E-state index contributed by atoms with van der Waals surface area (Å²) in [6.45, 7) is 2.49. The van der Waals surface area contributed by atoms with E-state index in [1.165, 1.54) is 10.6 Å². The molecule has 0 fully saturated rings. The third-order valence-corrected chi connectivity index (χ3v) is 9.64. The SMILES string of the molecule is COc1c(C(=O)OCc2ccccc2)cccc1[P+](C)(c1ccccc1)c1ccccc1.[Cl-]. The molecule has 0 spiro atoms. The summed E-state index contributed by atoms with van der Waals surface area (Å²) in [5.74, 6) is 0.189. The summed E-state index contributed by atoms with van der Waals surface area (Å²) < 4.78 is 11.5. The van der Waals surface area contributed by atoms with E-state index in [4.69, 9.17) is 9.47 Å². The second-order valence-corrected chi connectivity index (χ2v) is 11.1. The lowest BCUT2D eigenvalue weighted by molar-refractivity contribution is -0.0000254. The summed E-state index contributed by atoms with van der Waals surface area (Å²) in [7, 11) is -0.439. The van der Waals surface area contributed by atoms with Crippen LogP contribution in [0.3, 0.4) is 0 Å². The molecule has 0 saturated carbocycles. The Hall–Kier alpha value is -3.13. The average Bonchev–Trinajstić information content (AvgIpc) is 2.88. The van der Waals surface area contributed by atoms with Gasteiger partial charge in [-0.2, -0.15) is 0 Å². The highest BCUT2D eigenvalue weighted by atomic mass is 35.5. The molecule has 0 atom stereocenters. The maximum absolute atomic E-state index is 13.1. The van der Waals surface area contributed by atoms with E-state index in [1.54, 1.807) is 13.2 Å². The topological polar surface area (TPSA) is 35.5 Å². The molecule has 5 heteroatoms. The van der Waals surface area contributed by atoms with Gasteiger partial charge in [-0.1, -0.05) is 72.8 Å². The molecule has 33 heavy (non-hydrogen) atoms. The van der Waals surface area contributed by atoms with Crippen LogP contribution in [0, 0.1) is 0 Å². The average molecular weight is 477 g/mol. The molecule has 4 rings (SSSR count). The van der Waals surface area contributed by atoms with Gasteiger partial charge in [0.1, 0.15) is 35.3 Å². The molecule has 0 unspecified atom stereocenters. The van der Waals surface area contributed by atoms with Gasteiger partial charge in [-0.25, -0.2) is 4.79 Å². The standard InChI is InChI=1S/C28H26O3P.ClH/c1-30-27-25(28(29)31-21-22-13-6-3-7-14-22)19-12-20-26(27)32(2,23-15-8-4-9-16-23)24-17-10-5-11-18-24;/h3-20H,21H2,1-2H3;1H/q+1;/p-1. The predicted molar refractivity (Wildman–Crippen MR) is 133 cm³/mol. The Morgan fingerprint density at radius 3 is 1.76 bits per heavy atom. The summed E-state index contributed by atoms with van der Waals surface area (Å²) in [6, 6.07) is 36.3. The summed E-state index contributed by atoms with van der Waals surface area (Å²) >= 11 is 0. The molecule has 3 nitrogen and oxygen atoms in total. The maximum atomic E-state index is 13.1. The van der Waals surface area contributed by atoms with Crippen LogP contribution in [0.2, 0.25) is 0 Å². The summed E-state index contributed by atoms with van der Waals surface area (Å²) in [6.07, 6.45) is 0. The molecule has 0 N–H and O–H groups in total. The first-order valence-corrected chi connectivity index (χ1v) is 12.7. The number of benzene rings is 4. The van der Waals surface area contributed by atoms with Gasteiger partial charge in [-0.05, 0) is 42.0 Å². The molecular weight excluding hydrogens is 451 g/mol. The molecule has 0 aliphatic rings. The first kappa shape index (κ1) is 24.5. The Bertz CT molecular complexity index is 1140. The molecule has 4 aromatic rings. The molecule has 0 aliphatic carbocycles. The molecule has 168 valence electrons. The maximum Gasteiger partial charge on any atom is 0.342 e. The van der Waals surface area contributed by atoms with Crippen LogP contribution < -0.4 is 33.1 Å². The Labute approximate surface area is 202 Å². The van der Waals surface area contributed by atoms with Gasteiger partial charge in [0.05, 0.1) is 13.8 Å². The van der Waals surface area contributed by atoms with Crippen molar-refractivity contribution < 1.29 is 26.7 Å². The van der Waals surface area contributed by atoms with Crippen LogP contribution in [-0.2, 0) is 11.3 Å². The largest absolute Gasteiger partial charge is 1.00 e. The number of carbonyl (C=O) groups excluding carboxylic acids is 1. The fourth-order valence-electron chi connectivity index (χ4n) is 3.93. The van der Waals surface area contributed by atoms with Crippen LogP contribution in [0.5, 0.6) is 5.75 Å². The zero-order valence-electron chi connectivity index (χ0n) is 18.6. The van der Waals surface area contributed by atoms with Crippen molar-refractivity contribution in [2.24, 2.45) is 0 Å². The van der Waals surface area contributed by atoms with Gasteiger partial charge in [0.25, 0.3) is 0 Å². The van der Waals surface area contributed by atoms with E-state index >= 15 is 0 Å². The van der Waals surface area contributed by atoms with Crippen molar-refractivity contribution in [3.8, 4) is 5.75 Å². The molecule has 0 radical (unpaired) electrons. The van der Waals surface area contributed by atoms with E-state index in [-0.39, 0.29) is 25.0 Å². The smallest absolute Gasteiger partial charge is 0.342 e. The number of para-hydroxylation sites is 1. The van der Waals surface area contributed by atoms with Crippen molar-refractivity contribution in [2.45, 2.75) is 6.61 Å². The molecular formula is C28H26ClO3P. The van der Waals surface area contributed by atoms with E-state index in [0.29, 0.717) is 11.3 Å². The highest BCUT2D eigenvalue weighted by Gasteiger charge is 2.43. The van der Waals surface area contributed by atoms with E-state index < -0.39 is 7.26 Å². The van der Waals surface area contributed by atoms with Gasteiger partial charge in [-0.3, -0.25) is 0 Å². The van der Waals surface area contributed by atoms with Crippen LogP contribution in [0.25, 0.3) is 0 Å². The lowest BCUT2D eigenvalue weighted by Crippen LogP contribution is -3.00. The number of carbonyl (C=O) groups is 1. The van der Waals surface area contributed by atoms with Crippen molar-refractivity contribution >= 4 is 29.1 Å². The third-order valence-electron chi connectivity index (χ3n) is 5.66. The molecule has 4 aromatic carbocycles. The lowest BCUT2D eigenvalue weighted by atomic mass is 10.2. The molecule has 0 amide bonds. The van der Waals surface area contributed by atoms with Gasteiger partial charge in [0.2, 0.25) is 0 Å². The zero-order chi connectivity index (χ0) is 22.4. The Morgan fingerprint density at radius 1 is 0.727 bits per heavy atom. The highest BCUT2D eigenvalue weighted by molar-refractivity contribution is 7.95. The fraction of sp³-hybridized carbons (Fsp3) is 0.107. The van der Waals surface area contributed by atoms with Crippen molar-refractivity contribution in [3.63, 3.8) is 0 Å². The van der Waals surface area contributed by atoms with Crippen LogP contribution in [-0.4, -0.2) is 19.7 Å². The molecule has 0 saturated heterocycles. The quantitative estimate of drug-likeness (QED) is 0.302. The summed E-state index contributed by atoms with van der Waals surface area (Å²) in [5.41, 5.74) is 1.39. The van der Waals surface area contributed by atoms with Gasteiger partial charge in [0, 0.05) is 0 Å². The Morgan fingerprint density at radius 2 is 1.24 bits per heavy atom. The number of methoxy groups -OCH3 is 1. The van der Waals surface area contributed by atoms with E-state index in [9.17, 15) is 4.79 Å². The van der Waals surface area contributed by atoms with Gasteiger partial charge >= 0.3 is 5.97 Å². The monoisotopic (exact) mass is 476 g/mol. The summed E-state index contributed by atoms with van der Waals surface area (Å²) in [5, 5.41) is 3.46. The minimum absolute atomic E-state index is 0. The second-order valence-electron chi connectivity index (χ2n) is 7.60. The van der Waals surface area contributed by atoms with E-state index in [2.05, 4.69) is 61.3 Å². The number of halogens is 1.